The third-order valence-electron chi connectivity index (χ3n) is 3.50. The summed E-state index contributed by atoms with van der Waals surface area (Å²) in [6, 6.07) is 7.17. The Labute approximate surface area is 103 Å². The van der Waals surface area contributed by atoms with E-state index in [2.05, 4.69) is 49.2 Å². The smallest absolute Gasteiger partial charge is 0.0647 e. The number of aliphatic hydroxyl groups excluding tert-OH is 1. The van der Waals surface area contributed by atoms with Gasteiger partial charge >= 0.3 is 0 Å². The molecule has 3 heteroatoms. The minimum absolute atomic E-state index is 0.187. The van der Waals surface area contributed by atoms with E-state index in [0.29, 0.717) is 6.04 Å². The predicted molar refractivity (Wildman–Crippen MR) is 71.6 cm³/mol. The van der Waals surface area contributed by atoms with Gasteiger partial charge in [0.25, 0.3) is 0 Å². The second-order valence-electron chi connectivity index (χ2n) is 5.09. The molecule has 2 unspecified atom stereocenters. The SMILES string of the molecule is Cc1ccc(C)c(N2CC(C)NCC2CO)c1. The molecule has 0 aromatic heterocycles. The Kier molecular flexibility index (Phi) is 3.69. The first-order valence-corrected chi connectivity index (χ1v) is 6.30. The zero-order valence-corrected chi connectivity index (χ0v) is 10.9. The van der Waals surface area contributed by atoms with Crippen LogP contribution in [-0.4, -0.2) is 36.9 Å². The van der Waals surface area contributed by atoms with Crippen molar-refractivity contribution in [1.29, 1.82) is 0 Å². The third kappa shape index (κ3) is 2.61. The molecule has 17 heavy (non-hydrogen) atoms. The summed E-state index contributed by atoms with van der Waals surface area (Å²) in [7, 11) is 0. The van der Waals surface area contributed by atoms with E-state index >= 15 is 0 Å². The number of aliphatic hydroxyl groups is 1. The number of nitrogens with zero attached hydrogens (tertiary/aromatic N) is 1. The van der Waals surface area contributed by atoms with Gasteiger partial charge in [0, 0.05) is 24.8 Å². The molecule has 1 aliphatic rings. The van der Waals surface area contributed by atoms with Crippen molar-refractivity contribution in [3.63, 3.8) is 0 Å². The van der Waals surface area contributed by atoms with Gasteiger partial charge in [0.05, 0.1) is 12.6 Å². The summed E-state index contributed by atoms with van der Waals surface area (Å²) in [4.78, 5) is 2.34. The van der Waals surface area contributed by atoms with Crippen molar-refractivity contribution in [3.05, 3.63) is 29.3 Å². The lowest BCUT2D eigenvalue weighted by molar-refractivity contribution is 0.237. The van der Waals surface area contributed by atoms with Crippen molar-refractivity contribution >= 4 is 5.69 Å². The second kappa shape index (κ2) is 5.07. The van der Waals surface area contributed by atoms with Gasteiger partial charge in [-0.05, 0) is 38.0 Å². The van der Waals surface area contributed by atoms with Crippen molar-refractivity contribution in [1.82, 2.24) is 5.32 Å². The Morgan fingerprint density at radius 2 is 2.18 bits per heavy atom. The van der Waals surface area contributed by atoms with E-state index in [1.807, 2.05) is 0 Å². The highest BCUT2D eigenvalue weighted by Crippen LogP contribution is 2.25. The highest BCUT2D eigenvalue weighted by atomic mass is 16.3. The van der Waals surface area contributed by atoms with Crippen LogP contribution in [0.15, 0.2) is 18.2 Å². The van der Waals surface area contributed by atoms with Crippen LogP contribution in [0.4, 0.5) is 5.69 Å². The third-order valence-corrected chi connectivity index (χ3v) is 3.50. The number of benzene rings is 1. The second-order valence-corrected chi connectivity index (χ2v) is 5.09. The summed E-state index contributed by atoms with van der Waals surface area (Å²) in [5.74, 6) is 0. The van der Waals surface area contributed by atoms with Crippen molar-refractivity contribution in [2.45, 2.75) is 32.9 Å². The van der Waals surface area contributed by atoms with E-state index < -0.39 is 0 Å². The van der Waals surface area contributed by atoms with E-state index in [1.54, 1.807) is 0 Å². The number of hydrogen-bond donors (Lipinski definition) is 2. The standard InChI is InChI=1S/C14H22N2O/c1-10-4-5-11(2)14(6-10)16-8-12(3)15-7-13(16)9-17/h4-6,12-13,15,17H,7-9H2,1-3H3. The fourth-order valence-electron chi connectivity index (χ4n) is 2.44. The van der Waals surface area contributed by atoms with Gasteiger partial charge in [0.1, 0.15) is 0 Å². The first-order valence-electron chi connectivity index (χ1n) is 6.30. The van der Waals surface area contributed by atoms with Gasteiger partial charge in [-0.1, -0.05) is 12.1 Å². The molecule has 2 rings (SSSR count). The Hall–Kier alpha value is -1.06. The molecular weight excluding hydrogens is 212 g/mol. The Bertz CT molecular complexity index is 392. The normalized spacial score (nSPS) is 25.1. The first-order chi connectivity index (χ1) is 8.11. The Balaban J connectivity index is 2.31. The van der Waals surface area contributed by atoms with Crippen molar-refractivity contribution in [2.24, 2.45) is 0 Å². The molecule has 1 aromatic rings. The van der Waals surface area contributed by atoms with Crippen molar-refractivity contribution in [2.75, 3.05) is 24.6 Å². The monoisotopic (exact) mass is 234 g/mol. The predicted octanol–water partition coefficient (Wildman–Crippen LogP) is 1.46. The highest BCUT2D eigenvalue weighted by Gasteiger charge is 2.26. The summed E-state index contributed by atoms with van der Waals surface area (Å²) in [6.45, 7) is 8.44. The Morgan fingerprint density at radius 1 is 1.41 bits per heavy atom. The molecule has 1 aliphatic heterocycles. The van der Waals surface area contributed by atoms with E-state index in [4.69, 9.17) is 0 Å². The average Bonchev–Trinajstić information content (AvgIpc) is 2.32. The fraction of sp³-hybridized carbons (Fsp3) is 0.571. The topological polar surface area (TPSA) is 35.5 Å². The van der Waals surface area contributed by atoms with Gasteiger partial charge in [-0.15, -0.1) is 0 Å². The number of anilines is 1. The minimum Gasteiger partial charge on any atom is -0.394 e. The van der Waals surface area contributed by atoms with E-state index in [0.717, 1.165) is 13.1 Å². The van der Waals surface area contributed by atoms with Crippen LogP contribution in [-0.2, 0) is 0 Å². The lowest BCUT2D eigenvalue weighted by atomic mass is 10.0. The number of hydrogen-bond acceptors (Lipinski definition) is 3. The van der Waals surface area contributed by atoms with Gasteiger partial charge in [0.2, 0.25) is 0 Å². The number of aryl methyl sites for hydroxylation is 2. The lowest BCUT2D eigenvalue weighted by Crippen LogP contribution is -2.57. The molecule has 0 saturated carbocycles. The summed E-state index contributed by atoms with van der Waals surface area (Å²) in [5.41, 5.74) is 3.81. The fourth-order valence-corrected chi connectivity index (χ4v) is 2.44. The summed E-state index contributed by atoms with van der Waals surface area (Å²) in [6.07, 6.45) is 0. The maximum atomic E-state index is 9.49. The zero-order valence-electron chi connectivity index (χ0n) is 10.9. The summed E-state index contributed by atoms with van der Waals surface area (Å²) < 4.78 is 0. The van der Waals surface area contributed by atoms with Gasteiger partial charge in [-0.25, -0.2) is 0 Å². The molecule has 0 radical (unpaired) electrons. The molecule has 0 aliphatic carbocycles. The summed E-state index contributed by atoms with van der Waals surface area (Å²) in [5, 5.41) is 12.9. The molecule has 1 saturated heterocycles. The zero-order chi connectivity index (χ0) is 12.4. The number of piperazine rings is 1. The Morgan fingerprint density at radius 3 is 2.88 bits per heavy atom. The van der Waals surface area contributed by atoms with Gasteiger partial charge in [0.15, 0.2) is 0 Å². The molecule has 1 fully saturated rings. The van der Waals surface area contributed by atoms with Gasteiger partial charge in [-0.2, -0.15) is 0 Å². The van der Waals surface area contributed by atoms with Crippen LogP contribution in [0.25, 0.3) is 0 Å². The highest BCUT2D eigenvalue weighted by molar-refractivity contribution is 5.56. The van der Waals surface area contributed by atoms with Crippen LogP contribution >= 0.6 is 0 Å². The molecule has 3 nitrogen and oxygen atoms in total. The van der Waals surface area contributed by atoms with Crippen LogP contribution in [0, 0.1) is 13.8 Å². The number of rotatable bonds is 2. The van der Waals surface area contributed by atoms with Gasteiger partial charge in [-0.3, -0.25) is 0 Å². The van der Waals surface area contributed by atoms with E-state index in [1.165, 1.54) is 16.8 Å². The van der Waals surface area contributed by atoms with Crippen molar-refractivity contribution < 1.29 is 5.11 Å². The van der Waals surface area contributed by atoms with Crippen LogP contribution in [0.1, 0.15) is 18.1 Å². The van der Waals surface area contributed by atoms with Crippen molar-refractivity contribution in [3.8, 4) is 0 Å². The molecule has 94 valence electrons. The molecule has 1 aromatic carbocycles. The number of nitrogens with one attached hydrogen (secondary N) is 1. The summed E-state index contributed by atoms with van der Waals surface area (Å²) >= 11 is 0. The van der Waals surface area contributed by atoms with E-state index in [-0.39, 0.29) is 12.6 Å². The molecular formula is C14H22N2O. The maximum Gasteiger partial charge on any atom is 0.0647 e. The molecule has 0 spiro atoms. The lowest BCUT2D eigenvalue weighted by Gasteiger charge is -2.41. The molecule has 2 N–H and O–H groups in total. The molecule has 0 amide bonds. The van der Waals surface area contributed by atoms with E-state index in [9.17, 15) is 5.11 Å². The largest absolute Gasteiger partial charge is 0.394 e. The van der Waals surface area contributed by atoms with Crippen LogP contribution in [0.2, 0.25) is 0 Å². The minimum atomic E-state index is 0.187. The quantitative estimate of drug-likeness (QED) is 0.813. The molecule has 2 atom stereocenters. The average molecular weight is 234 g/mol. The van der Waals surface area contributed by atoms with Crippen LogP contribution in [0.3, 0.4) is 0 Å². The first kappa shape index (κ1) is 12.4. The van der Waals surface area contributed by atoms with Crippen LogP contribution in [0.5, 0.6) is 0 Å². The molecule has 0 bridgehead atoms. The van der Waals surface area contributed by atoms with Crippen LogP contribution < -0.4 is 10.2 Å². The van der Waals surface area contributed by atoms with Gasteiger partial charge < -0.3 is 15.3 Å². The maximum absolute atomic E-state index is 9.49. The molecule has 1 heterocycles.